The molecule has 0 saturated carbocycles. The number of aliphatic hydroxyl groups excluding tert-OH is 1. The summed E-state index contributed by atoms with van der Waals surface area (Å²) in [5, 5.41) is 17.8. The van der Waals surface area contributed by atoms with Crippen molar-refractivity contribution >= 4 is 97.5 Å². The molecule has 1 saturated heterocycles. The van der Waals surface area contributed by atoms with Crippen LogP contribution >= 0.6 is 0 Å². The number of unbranched alkanes of at least 4 members (excludes halogenated alkanes) is 5. The third kappa shape index (κ3) is 18.6. The molecule has 10 rings (SSSR count). The molecule has 5 aromatic heterocycles. The van der Waals surface area contributed by atoms with Crippen molar-refractivity contribution in [3.63, 3.8) is 0 Å². The number of aliphatic hydroxyl groups is 1. The fourth-order valence-electron chi connectivity index (χ4n) is 12.8. The van der Waals surface area contributed by atoms with E-state index in [-0.39, 0.29) is 35.3 Å². The van der Waals surface area contributed by atoms with Crippen LogP contribution in [0, 0.1) is 0 Å². The number of aryl methyl sites for hydroxylation is 2. The fraction of sp³-hybridized carbons (Fsp3) is 0.486. The van der Waals surface area contributed by atoms with Crippen LogP contribution in [0.3, 0.4) is 0 Å². The van der Waals surface area contributed by atoms with Gasteiger partial charge in [0.15, 0.2) is 0 Å². The van der Waals surface area contributed by atoms with Crippen molar-refractivity contribution < 1.29 is 48.0 Å². The van der Waals surface area contributed by atoms with Crippen LogP contribution in [0.5, 0.6) is 11.9 Å². The van der Waals surface area contributed by atoms with Crippen LogP contribution in [0.4, 0.5) is 0 Å². The molecule has 3 N–H and O–H groups in total. The number of hydrogen-bond donors (Lipinski definition) is 3. The minimum atomic E-state index is -2.79. The molecule has 18 nitrogen and oxygen atoms in total. The Kier molecular flexibility index (Phi) is 29.7. The summed E-state index contributed by atoms with van der Waals surface area (Å²) in [4.78, 5) is 74.0. The second-order valence-electron chi connectivity index (χ2n) is 25.4. The van der Waals surface area contributed by atoms with Crippen LogP contribution in [-0.4, -0.2) is 125 Å². The van der Waals surface area contributed by atoms with Gasteiger partial charge in [0.2, 0.25) is 0 Å². The van der Waals surface area contributed by atoms with Crippen LogP contribution in [0.2, 0.25) is 18.3 Å². The SMILES string of the molecule is C1CCOC1.CCCCC1=C(c2cn(CCCO)c3ncccc23)C(=O)NC1=O.CCCCC1=C(c2cn(CCCOO[Si](c3ccccc3)(c3ccccc3)C(C)(C)C)c3ncccc23)C(=O)NC1=O.CCC[CH2][Sn]([CH2]CCC)([CH2]CCC)[c]1cnc(OC)nc1OC. The fourth-order valence-corrected chi connectivity index (χ4v) is 32.9. The Hall–Kier alpha value is -6.88. The van der Waals surface area contributed by atoms with Crippen molar-refractivity contribution in [1.29, 1.82) is 0 Å². The normalized spacial score (nSPS) is 14.2. The summed E-state index contributed by atoms with van der Waals surface area (Å²) in [5.74, 6) is -0.478. The van der Waals surface area contributed by atoms with E-state index in [0.29, 0.717) is 73.7 Å². The zero-order valence-electron chi connectivity index (χ0n) is 57.5. The first-order valence-corrected chi connectivity index (χ1v) is 43.6. The van der Waals surface area contributed by atoms with Gasteiger partial charge in [-0.1, -0.05) is 108 Å². The number of hydrogen-bond acceptors (Lipinski definition) is 14. The molecular weight excluding hydrogens is 1310 g/mol. The summed E-state index contributed by atoms with van der Waals surface area (Å²) in [6.45, 7) is 21.3. The Morgan fingerprint density at radius 2 is 1.05 bits per heavy atom. The van der Waals surface area contributed by atoms with Crippen LogP contribution in [0.25, 0.3) is 33.2 Å². The van der Waals surface area contributed by atoms with E-state index in [4.69, 9.17) is 28.8 Å². The molecule has 1 fully saturated rings. The van der Waals surface area contributed by atoms with Crippen molar-refractivity contribution in [1.82, 2.24) is 39.7 Å². The molecule has 3 aliphatic heterocycles. The molecule has 0 radical (unpaired) electrons. The maximum atomic E-state index is 12.9. The molecule has 0 spiro atoms. The van der Waals surface area contributed by atoms with Crippen molar-refractivity contribution in [2.75, 3.05) is 40.6 Å². The van der Waals surface area contributed by atoms with E-state index >= 15 is 0 Å². The molecule has 7 aromatic rings. The van der Waals surface area contributed by atoms with E-state index in [1.54, 1.807) is 26.6 Å². The van der Waals surface area contributed by atoms with Gasteiger partial charge in [0.05, 0.1) is 17.8 Å². The van der Waals surface area contributed by atoms with Gasteiger partial charge in [-0.05, 0) is 91.0 Å². The number of imide groups is 2. The molecule has 94 heavy (non-hydrogen) atoms. The number of carbonyl (C=O) groups excluding carboxylic acids is 4. The standard InChI is InChI=1S/C34H39N3O4Si.C18H21N3O3.C6H7N2O2.C4H8O.3C4H9.Sn/c1-5-6-19-28-30(33(39)36-32(28)38)29-24-37(31-27(29)20-13-21-35-31)22-14-23-40-41-42(34(2,3)4,25-15-9-7-10-16-25)26-17-11-8-12-18-26;1-2-3-6-13-15(18(24)20-17(13)23)14-11-21(9-5-10-22)16-12(14)7-4-8-19-16;1-9-5-3-4-7-6(8-5)10-2;1-2-4-5-3-1;3*1-3-4-2;/h7-13,15-18,20-21,24H,5-6,14,19,22-23H2,1-4H3,(H,36,38,39);4,7-8,11,22H,2-3,5-6,9-10H2,1H3,(H,20,23,24);4H,1-2H3;1-4H2;3*1,3-4H2,2H3;. The van der Waals surface area contributed by atoms with Crippen molar-refractivity contribution in [2.24, 2.45) is 0 Å². The van der Waals surface area contributed by atoms with Gasteiger partial charge in [-0.15, -0.1) is 0 Å². The van der Waals surface area contributed by atoms with Crippen molar-refractivity contribution in [3.05, 3.63) is 138 Å². The van der Waals surface area contributed by atoms with Gasteiger partial charge in [-0.2, -0.15) is 0 Å². The van der Waals surface area contributed by atoms with Gasteiger partial charge in [0.1, 0.15) is 11.3 Å². The molecular formula is C74H102N8O10SiSn. The maximum absolute atomic E-state index is 12.9. The summed E-state index contributed by atoms with van der Waals surface area (Å²) in [7, 11) is 0.538. The number of amides is 4. The van der Waals surface area contributed by atoms with E-state index in [1.807, 2.05) is 64.1 Å². The first-order chi connectivity index (χ1) is 45.6. The number of fused-ring (bicyclic) bond motifs is 2. The van der Waals surface area contributed by atoms with E-state index in [1.165, 1.54) is 68.3 Å². The molecule has 3 aliphatic rings. The first-order valence-electron chi connectivity index (χ1n) is 34.2. The second-order valence-corrected chi connectivity index (χ2v) is 42.7. The third-order valence-electron chi connectivity index (χ3n) is 17.7. The predicted octanol–water partition coefficient (Wildman–Crippen LogP) is 12.9. The quantitative estimate of drug-likeness (QED) is 0.0121. The molecule has 8 heterocycles. The van der Waals surface area contributed by atoms with Gasteiger partial charge >= 0.3 is 155 Å². The van der Waals surface area contributed by atoms with E-state index < -0.39 is 26.7 Å². The average molecular weight is 1410 g/mol. The second kappa shape index (κ2) is 37.4. The Morgan fingerprint density at radius 3 is 1.46 bits per heavy atom. The summed E-state index contributed by atoms with van der Waals surface area (Å²) >= 11 is -2.55. The van der Waals surface area contributed by atoms with Gasteiger partial charge in [-0.3, -0.25) is 34.4 Å². The number of carbonyl (C=O) groups is 4. The van der Waals surface area contributed by atoms with Crippen LogP contribution in [0.1, 0.15) is 169 Å². The zero-order chi connectivity index (χ0) is 67.5. The number of aromatic nitrogens is 6. The van der Waals surface area contributed by atoms with Gasteiger partial charge < -0.3 is 19.0 Å². The number of ether oxygens (including phenoxy) is 3. The minimum absolute atomic E-state index is 0.0886. The zero-order valence-corrected chi connectivity index (χ0v) is 61.3. The van der Waals surface area contributed by atoms with Crippen molar-refractivity contribution in [3.8, 4) is 11.9 Å². The van der Waals surface area contributed by atoms with Crippen LogP contribution in [0.15, 0.2) is 127 Å². The predicted molar refractivity (Wildman–Crippen MR) is 379 cm³/mol. The molecule has 0 bridgehead atoms. The number of nitrogens with zero attached hydrogens (tertiary/aromatic N) is 6. The van der Waals surface area contributed by atoms with Gasteiger partial charge in [0.25, 0.3) is 23.6 Å². The van der Waals surface area contributed by atoms with Gasteiger partial charge in [0, 0.05) is 90.7 Å². The molecule has 2 aromatic carbocycles. The first kappa shape index (κ1) is 74.5. The van der Waals surface area contributed by atoms with Crippen LogP contribution < -0.4 is 34.1 Å². The molecule has 506 valence electrons. The Bertz CT molecular complexity index is 3570. The summed E-state index contributed by atoms with van der Waals surface area (Å²) in [6, 6.07) is 28.8. The van der Waals surface area contributed by atoms with Gasteiger partial charge in [-0.25, -0.2) is 14.9 Å². The third-order valence-corrected chi connectivity index (χ3v) is 38.0. The number of benzene rings is 2. The van der Waals surface area contributed by atoms with E-state index in [2.05, 4.69) is 134 Å². The molecule has 20 heteroatoms. The number of pyridine rings is 2. The average Bonchev–Trinajstić information content (AvgIpc) is 1.10. The Morgan fingerprint density at radius 1 is 0.585 bits per heavy atom. The van der Waals surface area contributed by atoms with Crippen LogP contribution in [-0.2, 0) is 46.5 Å². The molecule has 0 aliphatic carbocycles. The monoisotopic (exact) mass is 1410 g/mol. The van der Waals surface area contributed by atoms with E-state index in [0.717, 1.165) is 88.3 Å². The molecule has 0 atom stereocenters. The van der Waals surface area contributed by atoms with Crippen molar-refractivity contribution in [2.45, 2.75) is 190 Å². The topological polar surface area (TPSA) is 220 Å². The Balaban J connectivity index is 0.000000205. The number of nitrogens with one attached hydrogen (secondary N) is 2. The Labute approximate surface area is 562 Å². The number of rotatable bonds is 31. The summed E-state index contributed by atoms with van der Waals surface area (Å²) in [5.41, 5.74) is 5.08. The molecule has 0 unspecified atom stereocenters. The van der Waals surface area contributed by atoms with E-state index in [9.17, 15) is 19.2 Å². The molecule has 4 amide bonds. The summed E-state index contributed by atoms with van der Waals surface area (Å²) < 4.78 is 31.9. The summed E-state index contributed by atoms with van der Waals surface area (Å²) in [6.07, 6.45) is 25.6. The number of methoxy groups -OCH3 is 2.